The Kier molecular flexibility index (Phi) is 4.65. The number of benzene rings is 2. The quantitative estimate of drug-likeness (QED) is 0.787. The molecule has 128 valence electrons. The van der Waals surface area contributed by atoms with Gasteiger partial charge in [-0.05, 0) is 36.8 Å². The zero-order valence-electron chi connectivity index (χ0n) is 14.4. The van der Waals surface area contributed by atoms with E-state index in [1.165, 1.54) is 13.1 Å². The van der Waals surface area contributed by atoms with Crippen LogP contribution in [-0.4, -0.2) is 36.2 Å². The first-order valence-corrected chi connectivity index (χ1v) is 8.38. The number of hydrogen-bond donors (Lipinski definition) is 0. The van der Waals surface area contributed by atoms with E-state index in [0.29, 0.717) is 23.2 Å². The summed E-state index contributed by atoms with van der Waals surface area (Å²) < 4.78 is 0. The van der Waals surface area contributed by atoms with E-state index in [0.717, 1.165) is 23.4 Å². The number of unbranched alkanes of at least 4 members (excludes halogenated alkanes) is 1. The van der Waals surface area contributed by atoms with E-state index in [1.54, 1.807) is 17.0 Å². The van der Waals surface area contributed by atoms with Gasteiger partial charge in [-0.1, -0.05) is 31.5 Å². The van der Waals surface area contributed by atoms with E-state index >= 15 is 0 Å². The molecule has 5 nitrogen and oxygen atoms in total. The molecule has 0 aliphatic carbocycles. The summed E-state index contributed by atoms with van der Waals surface area (Å²) in [7, 11) is 1.45. The smallest absolute Gasteiger partial charge is 0.261 e. The predicted octanol–water partition coefficient (Wildman–Crippen LogP) is 3.36. The highest BCUT2D eigenvalue weighted by Crippen LogP contribution is 2.25. The second kappa shape index (κ2) is 6.89. The highest BCUT2D eigenvalue weighted by atomic mass is 16.2. The van der Waals surface area contributed by atoms with Crippen LogP contribution in [0, 0.1) is 0 Å². The first-order valence-electron chi connectivity index (χ1n) is 8.38. The molecule has 0 saturated heterocycles. The van der Waals surface area contributed by atoms with Crippen molar-refractivity contribution in [3.63, 3.8) is 0 Å². The van der Waals surface area contributed by atoms with Gasteiger partial charge in [-0.25, -0.2) is 0 Å². The number of imide groups is 1. The minimum atomic E-state index is -0.366. The monoisotopic (exact) mass is 336 g/mol. The summed E-state index contributed by atoms with van der Waals surface area (Å²) >= 11 is 0. The van der Waals surface area contributed by atoms with Crippen molar-refractivity contribution in [3.8, 4) is 0 Å². The van der Waals surface area contributed by atoms with Crippen molar-refractivity contribution in [2.75, 3.05) is 18.5 Å². The van der Waals surface area contributed by atoms with Gasteiger partial charge in [0, 0.05) is 24.8 Å². The fourth-order valence-corrected chi connectivity index (χ4v) is 2.92. The standard InChI is InChI=1S/C20H20N2O3/c1-3-4-12-22(15-8-6-5-7-9-15)18(23)14-10-11-16-17(13-14)20(25)21(2)19(16)24/h5-11,13H,3-4,12H2,1-2H3. The van der Waals surface area contributed by atoms with Crippen molar-refractivity contribution in [2.24, 2.45) is 0 Å². The third kappa shape index (κ3) is 3.05. The van der Waals surface area contributed by atoms with E-state index < -0.39 is 0 Å². The number of anilines is 1. The maximum absolute atomic E-state index is 13.0. The molecule has 0 aromatic heterocycles. The fraction of sp³-hybridized carbons (Fsp3) is 0.250. The van der Waals surface area contributed by atoms with Crippen LogP contribution in [0.4, 0.5) is 5.69 Å². The molecule has 0 atom stereocenters. The summed E-state index contributed by atoms with van der Waals surface area (Å²) in [6, 6.07) is 14.2. The van der Waals surface area contributed by atoms with Gasteiger partial charge in [-0.2, -0.15) is 0 Å². The molecule has 0 spiro atoms. The van der Waals surface area contributed by atoms with Crippen LogP contribution in [0.1, 0.15) is 50.8 Å². The number of carbonyl (C=O) groups is 3. The Balaban J connectivity index is 1.96. The molecule has 0 fully saturated rings. The van der Waals surface area contributed by atoms with Crippen LogP contribution >= 0.6 is 0 Å². The highest BCUT2D eigenvalue weighted by Gasteiger charge is 2.33. The second-order valence-electron chi connectivity index (χ2n) is 6.08. The van der Waals surface area contributed by atoms with Gasteiger partial charge in [0.1, 0.15) is 0 Å². The van der Waals surface area contributed by atoms with Gasteiger partial charge in [0.2, 0.25) is 0 Å². The molecule has 25 heavy (non-hydrogen) atoms. The van der Waals surface area contributed by atoms with Crippen molar-refractivity contribution in [3.05, 3.63) is 65.2 Å². The first-order chi connectivity index (χ1) is 12.0. The van der Waals surface area contributed by atoms with E-state index in [4.69, 9.17) is 0 Å². The largest absolute Gasteiger partial charge is 0.308 e. The van der Waals surface area contributed by atoms with E-state index in [2.05, 4.69) is 6.92 Å². The van der Waals surface area contributed by atoms with Crippen molar-refractivity contribution in [2.45, 2.75) is 19.8 Å². The highest BCUT2D eigenvalue weighted by molar-refractivity contribution is 6.22. The van der Waals surface area contributed by atoms with Gasteiger partial charge in [0.25, 0.3) is 17.7 Å². The number of hydrogen-bond acceptors (Lipinski definition) is 3. The van der Waals surface area contributed by atoms with Gasteiger partial charge >= 0.3 is 0 Å². The van der Waals surface area contributed by atoms with Crippen LogP contribution in [0.25, 0.3) is 0 Å². The Morgan fingerprint density at radius 1 is 1.00 bits per heavy atom. The molecule has 0 N–H and O–H groups in total. The lowest BCUT2D eigenvalue weighted by atomic mass is 10.0. The summed E-state index contributed by atoms with van der Waals surface area (Å²) in [4.78, 5) is 40.0. The first kappa shape index (κ1) is 16.9. The zero-order chi connectivity index (χ0) is 18.0. The van der Waals surface area contributed by atoms with E-state index in [1.807, 2.05) is 30.3 Å². The molecule has 0 unspecified atom stereocenters. The molecule has 0 radical (unpaired) electrons. The Labute approximate surface area is 146 Å². The number of rotatable bonds is 5. The van der Waals surface area contributed by atoms with E-state index in [-0.39, 0.29) is 17.7 Å². The third-order valence-corrected chi connectivity index (χ3v) is 4.38. The molecule has 3 amide bonds. The molecule has 5 heteroatoms. The van der Waals surface area contributed by atoms with Crippen molar-refractivity contribution in [1.29, 1.82) is 0 Å². The minimum absolute atomic E-state index is 0.169. The Morgan fingerprint density at radius 2 is 1.68 bits per heavy atom. The maximum atomic E-state index is 13.0. The number of para-hydroxylation sites is 1. The number of fused-ring (bicyclic) bond motifs is 1. The Bertz CT molecular complexity index is 830. The number of carbonyl (C=O) groups excluding carboxylic acids is 3. The fourth-order valence-electron chi connectivity index (χ4n) is 2.92. The molecule has 2 aromatic rings. The van der Waals surface area contributed by atoms with Crippen LogP contribution in [0.2, 0.25) is 0 Å². The third-order valence-electron chi connectivity index (χ3n) is 4.38. The summed E-state index contributed by atoms with van der Waals surface area (Å²) in [6.45, 7) is 2.67. The summed E-state index contributed by atoms with van der Waals surface area (Å²) in [5.41, 5.74) is 1.88. The average molecular weight is 336 g/mol. The molecular weight excluding hydrogens is 316 g/mol. The molecule has 0 saturated carbocycles. The van der Waals surface area contributed by atoms with Gasteiger partial charge in [-0.3, -0.25) is 19.3 Å². The van der Waals surface area contributed by atoms with Gasteiger partial charge < -0.3 is 4.90 Å². The molecular formula is C20H20N2O3. The van der Waals surface area contributed by atoms with Crippen LogP contribution in [0.5, 0.6) is 0 Å². The average Bonchev–Trinajstić information content (AvgIpc) is 2.86. The van der Waals surface area contributed by atoms with Gasteiger partial charge in [-0.15, -0.1) is 0 Å². The van der Waals surface area contributed by atoms with Crippen LogP contribution < -0.4 is 4.90 Å². The molecule has 0 bridgehead atoms. The Hall–Kier alpha value is -2.95. The van der Waals surface area contributed by atoms with E-state index in [9.17, 15) is 14.4 Å². The lowest BCUT2D eigenvalue weighted by molar-refractivity contribution is 0.0693. The molecule has 1 aliphatic heterocycles. The summed E-state index contributed by atoms with van der Waals surface area (Å²) in [5.74, 6) is -0.864. The molecule has 2 aromatic carbocycles. The second-order valence-corrected chi connectivity index (χ2v) is 6.08. The Morgan fingerprint density at radius 3 is 2.36 bits per heavy atom. The van der Waals surface area contributed by atoms with Crippen LogP contribution in [0.15, 0.2) is 48.5 Å². The van der Waals surface area contributed by atoms with Gasteiger partial charge in [0.05, 0.1) is 11.1 Å². The van der Waals surface area contributed by atoms with Crippen LogP contribution in [-0.2, 0) is 0 Å². The van der Waals surface area contributed by atoms with Crippen LogP contribution in [0.3, 0.4) is 0 Å². The predicted molar refractivity (Wildman–Crippen MR) is 95.9 cm³/mol. The maximum Gasteiger partial charge on any atom is 0.261 e. The van der Waals surface area contributed by atoms with Crippen molar-refractivity contribution >= 4 is 23.4 Å². The van der Waals surface area contributed by atoms with Gasteiger partial charge in [0.15, 0.2) is 0 Å². The van der Waals surface area contributed by atoms with Crippen molar-refractivity contribution in [1.82, 2.24) is 4.90 Å². The normalized spacial score (nSPS) is 13.1. The molecule has 3 rings (SSSR count). The number of nitrogens with zero attached hydrogens (tertiary/aromatic N) is 2. The summed E-state index contributed by atoms with van der Waals surface area (Å²) in [6.07, 6.45) is 1.85. The SMILES string of the molecule is CCCCN(C(=O)c1ccc2c(c1)C(=O)N(C)C2=O)c1ccccc1. The molecule has 1 aliphatic rings. The van der Waals surface area contributed by atoms with Crippen molar-refractivity contribution < 1.29 is 14.4 Å². The lowest BCUT2D eigenvalue weighted by Crippen LogP contribution is -2.32. The molecule has 1 heterocycles. The zero-order valence-corrected chi connectivity index (χ0v) is 14.4. The minimum Gasteiger partial charge on any atom is -0.308 e. The number of amides is 3. The lowest BCUT2D eigenvalue weighted by Gasteiger charge is -2.23. The topological polar surface area (TPSA) is 57.7 Å². The summed E-state index contributed by atoms with van der Waals surface area (Å²) in [5, 5.41) is 0.